The molecule has 0 saturated carbocycles. The van der Waals surface area contributed by atoms with Crippen molar-refractivity contribution in [3.8, 4) is 78.7 Å². The van der Waals surface area contributed by atoms with Crippen LogP contribution in [0.15, 0.2) is 219 Å². The van der Waals surface area contributed by atoms with E-state index in [4.69, 9.17) is 29.9 Å². The van der Waals surface area contributed by atoms with E-state index in [1.54, 1.807) is 0 Å². The molecular formula is C54H38N6. The summed E-state index contributed by atoms with van der Waals surface area (Å²) < 4.78 is 0. The van der Waals surface area contributed by atoms with Crippen LogP contribution >= 0.6 is 0 Å². The summed E-state index contributed by atoms with van der Waals surface area (Å²) in [6.07, 6.45) is 20.5. The van der Waals surface area contributed by atoms with Crippen molar-refractivity contribution in [3.63, 3.8) is 0 Å². The minimum Gasteiger partial charge on any atom is -0.236 e. The first kappa shape index (κ1) is 36.4. The SMILES string of the molecule is C1=CC(c2cnc(-c3ccccc3)nc2)C(c2cc(-c3ccccc3-c3cnc(-c4ccccc4)nc3)cc(-c3ccccc3-c3cnc(-c4ccccc4)nc3)c2)C=C1. The molecule has 3 aromatic heterocycles. The summed E-state index contributed by atoms with van der Waals surface area (Å²) in [6, 6.07) is 54.3. The smallest absolute Gasteiger partial charge is 0.159 e. The fraction of sp³-hybridized carbons (Fsp3) is 0.0370. The van der Waals surface area contributed by atoms with Gasteiger partial charge in [0.05, 0.1) is 0 Å². The molecule has 6 heteroatoms. The van der Waals surface area contributed by atoms with Crippen molar-refractivity contribution in [2.24, 2.45) is 0 Å². The molecule has 2 unspecified atom stereocenters. The van der Waals surface area contributed by atoms with Crippen molar-refractivity contribution in [2.75, 3.05) is 0 Å². The highest BCUT2D eigenvalue weighted by Crippen LogP contribution is 2.43. The van der Waals surface area contributed by atoms with E-state index in [-0.39, 0.29) is 11.8 Å². The van der Waals surface area contributed by atoms with Gasteiger partial charge in [-0.2, -0.15) is 0 Å². The van der Waals surface area contributed by atoms with E-state index in [2.05, 4.69) is 91.0 Å². The zero-order valence-electron chi connectivity index (χ0n) is 32.6. The molecule has 1 aliphatic carbocycles. The van der Waals surface area contributed by atoms with Gasteiger partial charge in [0.15, 0.2) is 17.5 Å². The molecule has 3 heterocycles. The van der Waals surface area contributed by atoms with Crippen LogP contribution < -0.4 is 0 Å². The molecule has 10 rings (SSSR count). The van der Waals surface area contributed by atoms with Crippen LogP contribution in [-0.2, 0) is 0 Å². The maximum atomic E-state index is 4.83. The summed E-state index contributed by atoms with van der Waals surface area (Å²) in [6.45, 7) is 0. The van der Waals surface area contributed by atoms with Gasteiger partial charge in [0.1, 0.15) is 0 Å². The zero-order chi connectivity index (χ0) is 40.1. The molecule has 9 aromatic rings. The number of hydrogen-bond donors (Lipinski definition) is 0. The van der Waals surface area contributed by atoms with Crippen molar-refractivity contribution in [3.05, 3.63) is 230 Å². The molecule has 0 radical (unpaired) electrons. The van der Waals surface area contributed by atoms with Crippen LogP contribution in [0.4, 0.5) is 0 Å². The molecule has 0 bridgehead atoms. The second kappa shape index (κ2) is 16.5. The fourth-order valence-corrected chi connectivity index (χ4v) is 8.03. The van der Waals surface area contributed by atoms with Gasteiger partial charge in [-0.05, 0) is 50.6 Å². The molecule has 284 valence electrons. The van der Waals surface area contributed by atoms with Crippen LogP contribution in [0.3, 0.4) is 0 Å². The molecule has 6 aromatic carbocycles. The number of nitrogens with zero attached hydrogens (tertiary/aromatic N) is 6. The topological polar surface area (TPSA) is 77.3 Å². The van der Waals surface area contributed by atoms with Gasteiger partial charge in [0, 0.05) is 76.8 Å². The third-order valence-electron chi connectivity index (χ3n) is 11.0. The second-order valence-corrected chi connectivity index (χ2v) is 14.8. The van der Waals surface area contributed by atoms with Gasteiger partial charge < -0.3 is 0 Å². The Balaban J connectivity index is 1.09. The number of rotatable bonds is 9. The van der Waals surface area contributed by atoms with Crippen LogP contribution in [0.1, 0.15) is 23.0 Å². The summed E-state index contributed by atoms with van der Waals surface area (Å²) >= 11 is 0. The van der Waals surface area contributed by atoms with E-state index >= 15 is 0 Å². The monoisotopic (exact) mass is 770 g/mol. The summed E-state index contributed by atoms with van der Waals surface area (Å²) in [5.74, 6) is 2.14. The molecule has 60 heavy (non-hydrogen) atoms. The highest BCUT2D eigenvalue weighted by Gasteiger charge is 2.25. The Labute approximate surface area is 349 Å². The molecule has 6 nitrogen and oxygen atoms in total. The predicted molar refractivity (Wildman–Crippen MR) is 241 cm³/mol. The summed E-state index contributed by atoms with van der Waals surface area (Å²) in [7, 11) is 0. The van der Waals surface area contributed by atoms with Crippen LogP contribution in [0.25, 0.3) is 78.7 Å². The van der Waals surface area contributed by atoms with Crippen LogP contribution in [-0.4, -0.2) is 29.9 Å². The number of allylic oxidation sites excluding steroid dienone is 4. The maximum Gasteiger partial charge on any atom is 0.159 e. The molecule has 0 spiro atoms. The summed E-state index contributed by atoms with van der Waals surface area (Å²) in [5, 5.41) is 0. The van der Waals surface area contributed by atoms with E-state index < -0.39 is 0 Å². The van der Waals surface area contributed by atoms with Crippen molar-refractivity contribution in [1.82, 2.24) is 29.9 Å². The molecule has 2 atom stereocenters. The van der Waals surface area contributed by atoms with Crippen molar-refractivity contribution in [1.29, 1.82) is 0 Å². The lowest BCUT2D eigenvalue weighted by molar-refractivity contribution is 0.723. The standard InChI is InChI=1S/C54H38N6/c1-4-16-37(17-5-1)52-55-31-43(32-56-52)49-25-13-10-22-46(49)40-28-41(47-23-11-14-26-50(47)44-33-57-53(58-34-44)38-18-6-2-7-19-38)30-42(29-40)48-24-12-15-27-51(48)45-35-59-54(60-36-45)39-20-8-3-9-21-39/h1-36,46,49H. The number of hydrogen-bond acceptors (Lipinski definition) is 6. The molecular weight excluding hydrogens is 733 g/mol. The highest BCUT2D eigenvalue weighted by atomic mass is 14.9. The van der Waals surface area contributed by atoms with Crippen molar-refractivity contribution in [2.45, 2.75) is 11.8 Å². The van der Waals surface area contributed by atoms with E-state index in [1.807, 2.05) is 128 Å². The molecule has 0 fully saturated rings. The van der Waals surface area contributed by atoms with Gasteiger partial charge in [-0.25, -0.2) is 29.9 Å². The minimum absolute atomic E-state index is 0.0150. The Bertz CT molecular complexity index is 2800. The molecule has 0 saturated heterocycles. The van der Waals surface area contributed by atoms with E-state index in [0.29, 0.717) is 17.5 Å². The lowest BCUT2D eigenvalue weighted by Crippen LogP contribution is -2.11. The minimum atomic E-state index is 0.0150. The Morgan fingerprint density at radius 3 is 0.967 bits per heavy atom. The number of aromatic nitrogens is 6. The van der Waals surface area contributed by atoms with E-state index in [0.717, 1.165) is 66.8 Å². The molecule has 0 N–H and O–H groups in total. The predicted octanol–water partition coefficient (Wildman–Crippen LogP) is 12.7. The highest BCUT2D eigenvalue weighted by molar-refractivity contribution is 5.89. The first-order valence-corrected chi connectivity index (χ1v) is 20.1. The summed E-state index contributed by atoms with van der Waals surface area (Å²) in [5.41, 5.74) is 13.6. The molecule has 0 amide bonds. The summed E-state index contributed by atoms with van der Waals surface area (Å²) in [4.78, 5) is 28.9. The van der Waals surface area contributed by atoms with Gasteiger partial charge in [-0.15, -0.1) is 0 Å². The van der Waals surface area contributed by atoms with E-state index in [1.165, 1.54) is 5.56 Å². The lowest BCUT2D eigenvalue weighted by Gasteiger charge is -2.26. The molecule has 0 aliphatic heterocycles. The maximum absolute atomic E-state index is 4.83. The Morgan fingerprint density at radius 2 is 0.583 bits per heavy atom. The first-order valence-electron chi connectivity index (χ1n) is 20.1. The second-order valence-electron chi connectivity index (χ2n) is 14.8. The third kappa shape index (κ3) is 7.46. The quantitative estimate of drug-likeness (QED) is 0.145. The Morgan fingerprint density at radius 1 is 0.267 bits per heavy atom. The first-order chi connectivity index (χ1) is 29.7. The number of benzene rings is 6. The fourth-order valence-electron chi connectivity index (χ4n) is 8.03. The Hall–Kier alpha value is -7.96. The van der Waals surface area contributed by atoms with Gasteiger partial charge in [0.2, 0.25) is 0 Å². The molecule has 1 aliphatic rings. The van der Waals surface area contributed by atoms with Gasteiger partial charge >= 0.3 is 0 Å². The van der Waals surface area contributed by atoms with Crippen LogP contribution in [0, 0.1) is 0 Å². The Kier molecular flexibility index (Phi) is 10.00. The lowest BCUT2D eigenvalue weighted by atomic mass is 9.78. The average Bonchev–Trinajstić information content (AvgIpc) is 3.35. The van der Waals surface area contributed by atoms with E-state index in [9.17, 15) is 0 Å². The average molecular weight is 771 g/mol. The van der Waals surface area contributed by atoms with Gasteiger partial charge in [-0.3, -0.25) is 0 Å². The zero-order valence-corrected chi connectivity index (χ0v) is 32.6. The van der Waals surface area contributed by atoms with Crippen molar-refractivity contribution >= 4 is 0 Å². The largest absolute Gasteiger partial charge is 0.236 e. The van der Waals surface area contributed by atoms with Crippen molar-refractivity contribution < 1.29 is 0 Å². The van der Waals surface area contributed by atoms with Gasteiger partial charge in [-0.1, -0.05) is 176 Å². The van der Waals surface area contributed by atoms with Crippen LogP contribution in [0.5, 0.6) is 0 Å². The van der Waals surface area contributed by atoms with Crippen LogP contribution in [0.2, 0.25) is 0 Å². The third-order valence-corrected chi connectivity index (χ3v) is 11.0. The van der Waals surface area contributed by atoms with Gasteiger partial charge in [0.25, 0.3) is 0 Å². The normalized spacial score (nSPS) is 14.5.